The summed E-state index contributed by atoms with van der Waals surface area (Å²) in [6.45, 7) is 7.76. The van der Waals surface area contributed by atoms with Gasteiger partial charge in [0.1, 0.15) is 6.61 Å². The normalized spacial score (nSPS) is 17.1. The van der Waals surface area contributed by atoms with Gasteiger partial charge in [-0.1, -0.05) is 12.1 Å². The number of aryl methyl sites for hydroxylation is 1. The average molecular weight is 248 g/mol. The molecule has 1 aromatic rings. The molecule has 18 heavy (non-hydrogen) atoms. The Labute approximate surface area is 108 Å². The van der Waals surface area contributed by atoms with Crippen molar-refractivity contribution in [2.45, 2.75) is 26.4 Å². The van der Waals surface area contributed by atoms with E-state index in [1.54, 1.807) is 0 Å². The zero-order chi connectivity index (χ0) is 13.2. The highest BCUT2D eigenvalue weighted by Gasteiger charge is 2.32. The number of carbonyl (C=O) groups is 1. The van der Waals surface area contributed by atoms with Gasteiger partial charge in [-0.3, -0.25) is 4.79 Å². The van der Waals surface area contributed by atoms with E-state index in [2.05, 4.69) is 10.6 Å². The molecule has 98 valence electrons. The molecule has 0 aliphatic carbocycles. The summed E-state index contributed by atoms with van der Waals surface area (Å²) in [5.41, 5.74) is 2.95. The zero-order valence-electron chi connectivity index (χ0n) is 11.2. The standard InChI is InChI=1S/C14H20N2O2/c1-10-5-4-6-12(11(10)2)16-13(17)7-18-14(3)8-15-9-14/h4-6,15H,7-9H2,1-3H3,(H,16,17). The van der Waals surface area contributed by atoms with Gasteiger partial charge in [0.2, 0.25) is 5.91 Å². The predicted octanol–water partition coefficient (Wildman–Crippen LogP) is 1.62. The van der Waals surface area contributed by atoms with Gasteiger partial charge in [0.15, 0.2) is 0 Å². The number of hydrogen-bond acceptors (Lipinski definition) is 3. The smallest absolute Gasteiger partial charge is 0.250 e. The molecule has 1 aromatic carbocycles. The van der Waals surface area contributed by atoms with Crippen molar-refractivity contribution in [2.75, 3.05) is 25.0 Å². The van der Waals surface area contributed by atoms with Crippen LogP contribution in [0.5, 0.6) is 0 Å². The van der Waals surface area contributed by atoms with E-state index in [1.165, 1.54) is 5.56 Å². The van der Waals surface area contributed by atoms with Crippen molar-refractivity contribution in [3.63, 3.8) is 0 Å². The summed E-state index contributed by atoms with van der Waals surface area (Å²) in [6, 6.07) is 5.88. The van der Waals surface area contributed by atoms with Gasteiger partial charge in [-0.25, -0.2) is 0 Å². The van der Waals surface area contributed by atoms with Crippen LogP contribution in [-0.4, -0.2) is 31.2 Å². The maximum absolute atomic E-state index is 11.8. The molecule has 0 radical (unpaired) electrons. The van der Waals surface area contributed by atoms with Crippen LogP contribution < -0.4 is 10.6 Å². The van der Waals surface area contributed by atoms with Crippen LogP contribution in [0.15, 0.2) is 18.2 Å². The second kappa shape index (κ2) is 5.08. The maximum Gasteiger partial charge on any atom is 0.250 e. The van der Waals surface area contributed by atoms with Crippen molar-refractivity contribution in [1.29, 1.82) is 0 Å². The SMILES string of the molecule is Cc1cccc(NC(=O)COC2(C)CNC2)c1C. The van der Waals surface area contributed by atoms with E-state index in [9.17, 15) is 4.79 Å². The predicted molar refractivity (Wildman–Crippen MR) is 71.8 cm³/mol. The first kappa shape index (κ1) is 13.1. The Morgan fingerprint density at radius 3 is 2.78 bits per heavy atom. The third-order valence-corrected chi connectivity index (χ3v) is 3.43. The van der Waals surface area contributed by atoms with Gasteiger partial charge >= 0.3 is 0 Å². The Bertz CT molecular complexity index is 453. The molecule has 2 rings (SSSR count). The number of hydrogen-bond donors (Lipinski definition) is 2. The first-order valence-corrected chi connectivity index (χ1v) is 6.21. The van der Waals surface area contributed by atoms with Crippen LogP contribution in [-0.2, 0) is 9.53 Å². The third kappa shape index (κ3) is 2.89. The van der Waals surface area contributed by atoms with Gasteiger partial charge in [0, 0.05) is 18.8 Å². The van der Waals surface area contributed by atoms with Crippen LogP contribution >= 0.6 is 0 Å². The van der Waals surface area contributed by atoms with E-state index in [-0.39, 0.29) is 18.1 Å². The topological polar surface area (TPSA) is 50.4 Å². The molecule has 1 amide bonds. The van der Waals surface area contributed by atoms with Crippen LogP contribution in [0.25, 0.3) is 0 Å². The molecule has 0 atom stereocenters. The number of anilines is 1. The Kier molecular flexibility index (Phi) is 3.68. The lowest BCUT2D eigenvalue weighted by atomic mass is 10.0. The highest BCUT2D eigenvalue weighted by Crippen LogP contribution is 2.18. The fourth-order valence-electron chi connectivity index (χ4n) is 1.89. The van der Waals surface area contributed by atoms with Crippen LogP contribution in [0.1, 0.15) is 18.1 Å². The van der Waals surface area contributed by atoms with Gasteiger partial charge in [-0.15, -0.1) is 0 Å². The minimum Gasteiger partial charge on any atom is -0.363 e. The number of ether oxygens (including phenoxy) is 1. The van der Waals surface area contributed by atoms with Crippen LogP contribution in [0, 0.1) is 13.8 Å². The first-order chi connectivity index (χ1) is 8.50. The van der Waals surface area contributed by atoms with Crippen LogP contribution in [0.2, 0.25) is 0 Å². The Morgan fingerprint density at radius 1 is 1.44 bits per heavy atom. The van der Waals surface area contributed by atoms with E-state index in [1.807, 2.05) is 39.0 Å². The van der Waals surface area contributed by atoms with E-state index < -0.39 is 0 Å². The van der Waals surface area contributed by atoms with Crippen molar-refractivity contribution < 1.29 is 9.53 Å². The van der Waals surface area contributed by atoms with Crippen LogP contribution in [0.4, 0.5) is 5.69 Å². The van der Waals surface area contributed by atoms with Crippen molar-refractivity contribution in [2.24, 2.45) is 0 Å². The second-order valence-electron chi connectivity index (χ2n) is 5.14. The summed E-state index contributed by atoms with van der Waals surface area (Å²) < 4.78 is 5.60. The van der Waals surface area contributed by atoms with Crippen molar-refractivity contribution in [1.82, 2.24) is 5.32 Å². The number of benzene rings is 1. The summed E-state index contributed by atoms with van der Waals surface area (Å²) in [5, 5.41) is 6.02. The highest BCUT2D eigenvalue weighted by molar-refractivity contribution is 5.92. The molecule has 4 nitrogen and oxygen atoms in total. The molecule has 4 heteroatoms. The molecule has 1 saturated heterocycles. The lowest BCUT2D eigenvalue weighted by Gasteiger charge is -2.38. The third-order valence-electron chi connectivity index (χ3n) is 3.43. The molecule has 1 fully saturated rings. The van der Waals surface area contributed by atoms with E-state index in [4.69, 9.17) is 4.74 Å². The summed E-state index contributed by atoms with van der Waals surface area (Å²) in [5.74, 6) is -0.100. The van der Waals surface area contributed by atoms with E-state index in [0.717, 1.165) is 24.3 Å². The summed E-state index contributed by atoms with van der Waals surface area (Å²) in [6.07, 6.45) is 0. The molecule has 0 aromatic heterocycles. The highest BCUT2D eigenvalue weighted by atomic mass is 16.5. The molecule has 0 spiro atoms. The van der Waals surface area contributed by atoms with Crippen molar-refractivity contribution in [3.05, 3.63) is 29.3 Å². The molecule has 1 aliphatic heterocycles. The summed E-state index contributed by atoms with van der Waals surface area (Å²) in [4.78, 5) is 11.8. The lowest BCUT2D eigenvalue weighted by molar-refractivity contribution is -0.130. The Hall–Kier alpha value is -1.39. The number of carbonyl (C=O) groups excluding carboxylic acids is 1. The fourth-order valence-corrected chi connectivity index (χ4v) is 1.89. The largest absolute Gasteiger partial charge is 0.363 e. The van der Waals surface area contributed by atoms with Gasteiger partial charge < -0.3 is 15.4 Å². The summed E-state index contributed by atoms with van der Waals surface area (Å²) >= 11 is 0. The van der Waals surface area contributed by atoms with Crippen molar-refractivity contribution >= 4 is 11.6 Å². The van der Waals surface area contributed by atoms with Crippen LogP contribution in [0.3, 0.4) is 0 Å². The maximum atomic E-state index is 11.8. The van der Waals surface area contributed by atoms with Gasteiger partial charge in [-0.05, 0) is 38.0 Å². The lowest BCUT2D eigenvalue weighted by Crippen LogP contribution is -2.59. The molecule has 2 N–H and O–H groups in total. The fraction of sp³-hybridized carbons (Fsp3) is 0.500. The second-order valence-corrected chi connectivity index (χ2v) is 5.14. The molecule has 0 saturated carbocycles. The average Bonchev–Trinajstić information content (AvgIpc) is 2.30. The number of nitrogens with one attached hydrogen (secondary N) is 2. The van der Waals surface area contributed by atoms with Gasteiger partial charge in [0.25, 0.3) is 0 Å². The van der Waals surface area contributed by atoms with Crippen molar-refractivity contribution in [3.8, 4) is 0 Å². The minimum atomic E-state index is -0.182. The minimum absolute atomic E-state index is 0.100. The molecule has 0 unspecified atom stereocenters. The van der Waals surface area contributed by atoms with Gasteiger partial charge in [-0.2, -0.15) is 0 Å². The number of rotatable bonds is 4. The quantitative estimate of drug-likeness (QED) is 0.851. The molecule has 0 bridgehead atoms. The van der Waals surface area contributed by atoms with E-state index in [0.29, 0.717) is 0 Å². The Balaban J connectivity index is 1.89. The monoisotopic (exact) mass is 248 g/mol. The number of amides is 1. The molecular weight excluding hydrogens is 228 g/mol. The zero-order valence-corrected chi connectivity index (χ0v) is 11.2. The Morgan fingerprint density at radius 2 is 2.17 bits per heavy atom. The first-order valence-electron chi connectivity index (χ1n) is 6.21. The summed E-state index contributed by atoms with van der Waals surface area (Å²) in [7, 11) is 0. The molecule has 1 heterocycles. The van der Waals surface area contributed by atoms with E-state index >= 15 is 0 Å². The van der Waals surface area contributed by atoms with Gasteiger partial charge in [0.05, 0.1) is 5.60 Å². The molecule has 1 aliphatic rings. The molecular formula is C14H20N2O2.